The number of rotatable bonds is 4. The van der Waals surface area contributed by atoms with Crippen LogP contribution in [0.1, 0.15) is 5.56 Å². The van der Waals surface area contributed by atoms with E-state index in [4.69, 9.17) is 0 Å². The second-order valence-electron chi connectivity index (χ2n) is 8.60. The number of pyridine rings is 1. The van der Waals surface area contributed by atoms with Crippen LogP contribution in [-0.4, -0.2) is 41.4 Å². The van der Waals surface area contributed by atoms with Gasteiger partial charge in [0.2, 0.25) is 0 Å². The summed E-state index contributed by atoms with van der Waals surface area (Å²) >= 11 is 1.48. The van der Waals surface area contributed by atoms with Gasteiger partial charge in [-0.15, -0.1) is 23.7 Å². The molecule has 2 N–H and O–H groups in total. The molecule has 1 fully saturated rings. The van der Waals surface area contributed by atoms with E-state index >= 15 is 0 Å². The number of nitrogens with one attached hydrogen (secondary N) is 2. The van der Waals surface area contributed by atoms with Crippen molar-refractivity contribution < 1.29 is 13.2 Å². The average molecular weight is 553 g/mol. The van der Waals surface area contributed by atoms with Gasteiger partial charge >= 0.3 is 0 Å². The summed E-state index contributed by atoms with van der Waals surface area (Å²) in [5, 5.41) is 23.3. The van der Waals surface area contributed by atoms with Crippen LogP contribution >= 0.6 is 23.7 Å². The molecular formula is C27H20ClF3N6S. The lowest BCUT2D eigenvalue weighted by molar-refractivity contribution is 0.498. The van der Waals surface area contributed by atoms with Crippen LogP contribution in [0.25, 0.3) is 44.0 Å². The maximum atomic E-state index is 14.9. The van der Waals surface area contributed by atoms with Gasteiger partial charge in [-0.1, -0.05) is 18.2 Å². The second kappa shape index (κ2) is 10.5. The van der Waals surface area contributed by atoms with Gasteiger partial charge in [-0.05, 0) is 41.3 Å². The number of hydrogen-bond acceptors (Lipinski definition) is 6. The van der Waals surface area contributed by atoms with Gasteiger partial charge in [-0.2, -0.15) is 10.4 Å². The lowest BCUT2D eigenvalue weighted by atomic mass is 9.92. The molecule has 192 valence electrons. The predicted octanol–water partition coefficient (Wildman–Crippen LogP) is 6.14. The summed E-state index contributed by atoms with van der Waals surface area (Å²) in [4.78, 5) is 7.48. The van der Waals surface area contributed by atoms with Crippen LogP contribution in [0.4, 0.5) is 18.9 Å². The third-order valence-electron chi connectivity index (χ3n) is 6.50. The predicted molar refractivity (Wildman–Crippen MR) is 145 cm³/mol. The Morgan fingerprint density at radius 3 is 2.37 bits per heavy atom. The number of benzene rings is 2. The summed E-state index contributed by atoms with van der Waals surface area (Å²) in [5.74, 6) is -3.65. The highest BCUT2D eigenvalue weighted by atomic mass is 35.5. The third kappa shape index (κ3) is 4.28. The minimum absolute atomic E-state index is 0. The van der Waals surface area contributed by atoms with Gasteiger partial charge in [0.15, 0.2) is 17.3 Å². The van der Waals surface area contributed by atoms with Gasteiger partial charge in [-0.3, -0.25) is 5.10 Å². The number of H-pyrrole nitrogens is 1. The van der Waals surface area contributed by atoms with E-state index in [0.29, 0.717) is 28.3 Å². The Hall–Kier alpha value is -3.91. The molecule has 0 saturated carbocycles. The first-order valence-corrected chi connectivity index (χ1v) is 12.5. The fourth-order valence-electron chi connectivity index (χ4n) is 4.74. The van der Waals surface area contributed by atoms with E-state index in [2.05, 4.69) is 31.5 Å². The Balaban J connectivity index is 0.00000294. The summed E-state index contributed by atoms with van der Waals surface area (Å²) in [6.07, 6.45) is 0. The molecule has 1 aliphatic rings. The normalized spacial score (nSPS) is 13.4. The molecule has 0 atom stereocenters. The van der Waals surface area contributed by atoms with Crippen molar-refractivity contribution in [1.29, 1.82) is 5.26 Å². The third-order valence-corrected chi connectivity index (χ3v) is 7.39. The Bertz CT molecular complexity index is 1660. The fraction of sp³-hybridized carbons (Fsp3) is 0.148. The maximum absolute atomic E-state index is 14.9. The monoisotopic (exact) mass is 552 g/mol. The highest BCUT2D eigenvalue weighted by molar-refractivity contribution is 7.13. The number of aromatic nitrogens is 3. The van der Waals surface area contributed by atoms with Crippen LogP contribution < -0.4 is 10.2 Å². The van der Waals surface area contributed by atoms with Crippen molar-refractivity contribution >= 4 is 40.5 Å². The number of piperazine rings is 1. The molecule has 38 heavy (non-hydrogen) atoms. The number of thiophene rings is 1. The van der Waals surface area contributed by atoms with Crippen molar-refractivity contribution in [3.8, 4) is 39.0 Å². The number of nitriles is 1. The fourth-order valence-corrected chi connectivity index (χ4v) is 5.47. The smallest absolute Gasteiger partial charge is 0.182 e. The van der Waals surface area contributed by atoms with E-state index in [1.165, 1.54) is 11.3 Å². The molecule has 0 aliphatic carbocycles. The van der Waals surface area contributed by atoms with Crippen LogP contribution in [0.15, 0.2) is 53.9 Å². The molecular weight excluding hydrogens is 533 g/mol. The quantitative estimate of drug-likeness (QED) is 0.262. The molecule has 11 heteroatoms. The standard InChI is InChI=1S/C27H19F3N6S.ClH/c28-18-7-8-19(29)24(30)22(18)25-17(14-31)21(15-3-5-16(6-4-15)36-11-9-32-10-12-36)23-26(20-2-1-13-37-20)34-35-27(23)33-25;/h1-8,13,32H,9-12H2,(H,33,34,35);1H. The van der Waals surface area contributed by atoms with E-state index in [-0.39, 0.29) is 29.3 Å². The number of halogens is 4. The number of anilines is 1. The topological polar surface area (TPSA) is 80.6 Å². The highest BCUT2D eigenvalue weighted by Gasteiger charge is 2.27. The number of fused-ring (bicyclic) bond motifs is 1. The summed E-state index contributed by atoms with van der Waals surface area (Å²) in [6, 6.07) is 15.1. The molecule has 5 aromatic rings. The van der Waals surface area contributed by atoms with Crippen LogP contribution in [0, 0.1) is 28.8 Å². The Morgan fingerprint density at radius 1 is 0.947 bits per heavy atom. The number of nitrogens with zero attached hydrogens (tertiary/aromatic N) is 4. The molecule has 0 radical (unpaired) electrons. The van der Waals surface area contributed by atoms with Crippen molar-refractivity contribution in [2.75, 3.05) is 31.1 Å². The molecule has 0 bridgehead atoms. The molecule has 0 spiro atoms. The zero-order chi connectivity index (χ0) is 25.5. The van der Waals surface area contributed by atoms with Gasteiger partial charge in [-0.25, -0.2) is 18.2 Å². The van der Waals surface area contributed by atoms with E-state index in [9.17, 15) is 18.4 Å². The first kappa shape index (κ1) is 25.7. The number of hydrogen-bond donors (Lipinski definition) is 2. The van der Waals surface area contributed by atoms with E-state index in [1.807, 2.05) is 41.8 Å². The summed E-state index contributed by atoms with van der Waals surface area (Å²) < 4.78 is 43.9. The molecule has 1 aliphatic heterocycles. The first-order valence-electron chi connectivity index (χ1n) is 11.6. The Labute approximate surface area is 226 Å². The van der Waals surface area contributed by atoms with Crippen molar-refractivity contribution in [3.63, 3.8) is 0 Å². The summed E-state index contributed by atoms with van der Waals surface area (Å²) in [6.45, 7) is 3.51. The highest BCUT2D eigenvalue weighted by Crippen LogP contribution is 2.42. The average Bonchev–Trinajstić information content (AvgIpc) is 3.61. The lowest BCUT2D eigenvalue weighted by Gasteiger charge is -2.29. The van der Waals surface area contributed by atoms with E-state index < -0.39 is 23.0 Å². The Morgan fingerprint density at radius 2 is 1.68 bits per heavy atom. The largest absolute Gasteiger partial charge is 0.369 e. The van der Waals surface area contributed by atoms with Gasteiger partial charge in [0.25, 0.3) is 0 Å². The molecule has 0 amide bonds. The minimum Gasteiger partial charge on any atom is -0.369 e. The SMILES string of the molecule is Cl.N#Cc1c(-c2c(F)ccc(F)c2F)nc2n[nH]c(-c3cccs3)c2c1-c1ccc(N2CCNCC2)cc1. The van der Waals surface area contributed by atoms with Crippen LogP contribution in [0.2, 0.25) is 0 Å². The maximum Gasteiger partial charge on any atom is 0.182 e. The molecule has 2 aromatic carbocycles. The van der Waals surface area contributed by atoms with E-state index in [1.54, 1.807) is 0 Å². The number of aromatic amines is 1. The summed E-state index contributed by atoms with van der Waals surface area (Å²) in [5.41, 5.74) is 1.86. The van der Waals surface area contributed by atoms with Crippen molar-refractivity contribution in [2.24, 2.45) is 0 Å². The van der Waals surface area contributed by atoms with Gasteiger partial charge in [0.05, 0.1) is 32.8 Å². The van der Waals surface area contributed by atoms with Crippen molar-refractivity contribution in [3.05, 3.63) is 76.9 Å². The molecule has 6 nitrogen and oxygen atoms in total. The van der Waals surface area contributed by atoms with Gasteiger partial charge in [0.1, 0.15) is 11.9 Å². The molecule has 6 rings (SSSR count). The molecule has 4 heterocycles. The second-order valence-corrected chi connectivity index (χ2v) is 9.55. The zero-order valence-corrected chi connectivity index (χ0v) is 21.4. The van der Waals surface area contributed by atoms with Crippen LogP contribution in [0.5, 0.6) is 0 Å². The molecule has 3 aromatic heterocycles. The first-order chi connectivity index (χ1) is 18.1. The molecule has 0 unspecified atom stereocenters. The van der Waals surface area contributed by atoms with Gasteiger partial charge < -0.3 is 10.2 Å². The van der Waals surface area contributed by atoms with Crippen molar-refractivity contribution in [2.45, 2.75) is 0 Å². The summed E-state index contributed by atoms with van der Waals surface area (Å²) in [7, 11) is 0. The van der Waals surface area contributed by atoms with Crippen LogP contribution in [-0.2, 0) is 0 Å². The minimum atomic E-state index is -1.41. The molecule has 1 saturated heterocycles. The van der Waals surface area contributed by atoms with E-state index in [0.717, 1.165) is 42.8 Å². The Kier molecular flexibility index (Phi) is 7.08. The van der Waals surface area contributed by atoms with Gasteiger partial charge in [0, 0.05) is 37.4 Å². The van der Waals surface area contributed by atoms with Crippen molar-refractivity contribution in [1.82, 2.24) is 20.5 Å². The lowest BCUT2D eigenvalue weighted by Crippen LogP contribution is -2.43. The van der Waals surface area contributed by atoms with Crippen LogP contribution in [0.3, 0.4) is 0 Å². The zero-order valence-electron chi connectivity index (χ0n) is 19.8.